The summed E-state index contributed by atoms with van der Waals surface area (Å²) in [5.74, 6) is -0.0771. The lowest BCUT2D eigenvalue weighted by Crippen LogP contribution is -2.30. The number of hydrogen-bond donors (Lipinski definition) is 2. The molecule has 0 bridgehead atoms. The molecular weight excluding hydrogens is 420 g/mol. The molecule has 2 heterocycles. The lowest BCUT2D eigenvalue weighted by atomic mass is 9.77. The zero-order valence-electron chi connectivity index (χ0n) is 19.4. The number of aliphatic hydroxyl groups is 1. The molecule has 4 nitrogen and oxygen atoms in total. The molecule has 0 fully saturated rings. The molecule has 0 atom stereocenters. The number of nitrogens with zero attached hydrogens (tertiary/aromatic N) is 1. The van der Waals surface area contributed by atoms with Crippen molar-refractivity contribution in [3.63, 3.8) is 0 Å². The zero-order valence-corrected chi connectivity index (χ0v) is 19.4. The number of para-hydroxylation sites is 2. The maximum absolute atomic E-state index is 13.5. The van der Waals surface area contributed by atoms with Crippen molar-refractivity contribution < 1.29 is 14.5 Å². The van der Waals surface area contributed by atoms with E-state index in [1.165, 1.54) is 5.56 Å². The molecule has 2 N–H and O–H groups in total. The first-order valence-corrected chi connectivity index (χ1v) is 11.5. The van der Waals surface area contributed by atoms with Crippen LogP contribution >= 0.6 is 0 Å². The molecule has 0 amide bonds. The minimum Gasteiger partial charge on any atom is -0.506 e. The summed E-state index contributed by atoms with van der Waals surface area (Å²) in [5, 5.41) is 12.1. The van der Waals surface area contributed by atoms with Crippen molar-refractivity contribution in [3.05, 3.63) is 107 Å². The van der Waals surface area contributed by atoms with Gasteiger partial charge in [0.05, 0.1) is 22.3 Å². The van der Waals surface area contributed by atoms with E-state index in [2.05, 4.69) is 35.5 Å². The molecule has 2 aliphatic rings. The third kappa shape index (κ3) is 2.72. The van der Waals surface area contributed by atoms with Crippen molar-refractivity contribution in [2.24, 2.45) is 0 Å². The quantitative estimate of drug-likeness (QED) is 0.286. The molecule has 1 aliphatic heterocycles. The molecule has 3 aromatic carbocycles. The number of carbonyl (C=O) groups excluding carboxylic acids is 1. The van der Waals surface area contributed by atoms with Gasteiger partial charge in [-0.3, -0.25) is 4.79 Å². The first kappa shape index (κ1) is 20.4. The predicted molar refractivity (Wildman–Crippen MR) is 137 cm³/mol. The standard InChI is InChI=1S/C30H24N2O2/c1-30(2)21-14-8-10-16-23(21)32(3)24(30)17-20-28(33)26(29(20)34)25-19-13-7-9-15-22(19)31-27(25)18-11-5-4-6-12-18/h4-17H,1-3H3,(H,33,34)/p+1. The van der Waals surface area contributed by atoms with Crippen LogP contribution in [0, 0.1) is 0 Å². The molecule has 4 heteroatoms. The Kier molecular flexibility index (Phi) is 4.30. The maximum Gasteiger partial charge on any atom is 0.209 e. The summed E-state index contributed by atoms with van der Waals surface area (Å²) in [4.78, 5) is 17.0. The van der Waals surface area contributed by atoms with Gasteiger partial charge in [0.25, 0.3) is 0 Å². The van der Waals surface area contributed by atoms with Gasteiger partial charge in [-0.1, -0.05) is 66.7 Å². The van der Waals surface area contributed by atoms with Crippen molar-refractivity contribution in [2.45, 2.75) is 19.3 Å². The molecule has 0 saturated carbocycles. The largest absolute Gasteiger partial charge is 0.506 e. The van der Waals surface area contributed by atoms with Crippen molar-refractivity contribution >= 4 is 33.7 Å². The predicted octanol–water partition coefficient (Wildman–Crippen LogP) is 6.32. The van der Waals surface area contributed by atoms with Crippen molar-refractivity contribution in [2.75, 3.05) is 7.05 Å². The molecule has 1 aliphatic carbocycles. The number of allylic oxidation sites excluding steroid dienone is 3. The highest BCUT2D eigenvalue weighted by Gasteiger charge is 2.45. The number of ketones is 1. The summed E-state index contributed by atoms with van der Waals surface area (Å²) in [7, 11) is 2.01. The number of aromatic nitrogens is 1. The van der Waals surface area contributed by atoms with Crippen LogP contribution < -0.4 is 0 Å². The monoisotopic (exact) mass is 445 g/mol. The van der Waals surface area contributed by atoms with Crippen LogP contribution in [-0.4, -0.2) is 33.2 Å². The number of aliphatic hydroxyl groups excluding tert-OH is 1. The van der Waals surface area contributed by atoms with Crippen LogP contribution in [0.25, 0.3) is 27.7 Å². The molecule has 166 valence electrons. The average molecular weight is 446 g/mol. The number of fused-ring (bicyclic) bond motifs is 2. The summed E-state index contributed by atoms with van der Waals surface area (Å²) in [5.41, 5.74) is 7.29. The molecule has 34 heavy (non-hydrogen) atoms. The highest BCUT2D eigenvalue weighted by Crippen LogP contribution is 2.45. The van der Waals surface area contributed by atoms with E-state index in [4.69, 9.17) is 0 Å². The maximum atomic E-state index is 13.5. The Balaban J connectivity index is 1.52. The fourth-order valence-electron chi connectivity index (χ4n) is 5.41. The number of carbonyl (C=O) groups is 1. The topological polar surface area (TPSA) is 56.1 Å². The number of Topliss-reactive ketones (excluding diaryl/α,β-unsaturated/α-hetero) is 1. The first-order valence-electron chi connectivity index (χ1n) is 11.5. The highest BCUT2D eigenvalue weighted by molar-refractivity contribution is 6.42. The molecule has 0 radical (unpaired) electrons. The second kappa shape index (κ2) is 7.16. The lowest BCUT2D eigenvalue weighted by Gasteiger charge is -2.23. The van der Waals surface area contributed by atoms with Crippen LogP contribution in [0.15, 0.2) is 96.3 Å². The molecule has 0 unspecified atom stereocenters. The van der Waals surface area contributed by atoms with E-state index < -0.39 is 0 Å². The van der Waals surface area contributed by atoms with Crippen LogP contribution in [0.1, 0.15) is 25.0 Å². The number of nitrogens with one attached hydrogen (secondary N) is 1. The summed E-state index contributed by atoms with van der Waals surface area (Å²) in [6.45, 7) is 4.30. The third-order valence-electron chi connectivity index (χ3n) is 7.20. The number of benzene rings is 3. The Hall–Kier alpha value is -4.18. The summed E-state index contributed by atoms with van der Waals surface area (Å²) in [6, 6.07) is 26.1. The lowest BCUT2D eigenvalue weighted by molar-refractivity contribution is -0.401. The van der Waals surface area contributed by atoms with Gasteiger partial charge >= 0.3 is 0 Å². The molecule has 6 rings (SSSR count). The minimum atomic E-state index is -0.273. The Morgan fingerprint density at radius 3 is 2.32 bits per heavy atom. The third-order valence-corrected chi connectivity index (χ3v) is 7.20. The van der Waals surface area contributed by atoms with Gasteiger partial charge in [0, 0.05) is 34.2 Å². The van der Waals surface area contributed by atoms with Gasteiger partial charge in [0.2, 0.25) is 11.5 Å². The summed E-state index contributed by atoms with van der Waals surface area (Å²) >= 11 is 0. The number of aromatic amines is 1. The zero-order chi connectivity index (χ0) is 23.6. The van der Waals surface area contributed by atoms with Crippen molar-refractivity contribution in [1.82, 2.24) is 4.98 Å². The smallest absolute Gasteiger partial charge is 0.209 e. The van der Waals surface area contributed by atoms with Crippen LogP contribution in [0.2, 0.25) is 0 Å². The van der Waals surface area contributed by atoms with Crippen LogP contribution in [0.5, 0.6) is 0 Å². The Bertz CT molecular complexity index is 1600. The Morgan fingerprint density at radius 1 is 0.912 bits per heavy atom. The van der Waals surface area contributed by atoms with Gasteiger partial charge in [-0.05, 0) is 25.5 Å². The van der Waals surface area contributed by atoms with E-state index in [-0.39, 0.29) is 17.0 Å². The minimum absolute atomic E-state index is 0.0552. The SMILES string of the molecule is C[N+]1=C(/C=C2\C(=O)C(c3c(-c4ccccc4)[nH]c4ccccc34)=C2O)C(C)(C)c2ccccc21. The van der Waals surface area contributed by atoms with Gasteiger partial charge in [-0.2, -0.15) is 4.58 Å². The number of rotatable bonds is 3. The number of H-pyrrole nitrogens is 1. The fraction of sp³-hybridized carbons (Fsp3) is 0.133. The van der Waals surface area contributed by atoms with Gasteiger partial charge < -0.3 is 10.1 Å². The normalized spacial score (nSPS) is 18.1. The van der Waals surface area contributed by atoms with Gasteiger partial charge in [-0.25, -0.2) is 0 Å². The number of hydrogen-bond acceptors (Lipinski definition) is 2. The van der Waals surface area contributed by atoms with E-state index in [0.717, 1.165) is 39.1 Å². The summed E-state index contributed by atoms with van der Waals surface area (Å²) in [6.07, 6.45) is 1.86. The van der Waals surface area contributed by atoms with Gasteiger partial charge in [0.15, 0.2) is 5.71 Å². The first-order chi connectivity index (χ1) is 16.4. The van der Waals surface area contributed by atoms with E-state index in [1.54, 1.807) is 0 Å². The molecule has 1 aromatic heterocycles. The molecule has 0 spiro atoms. The highest BCUT2D eigenvalue weighted by atomic mass is 16.3. The second-order valence-electron chi connectivity index (χ2n) is 9.48. The van der Waals surface area contributed by atoms with Gasteiger partial charge in [0.1, 0.15) is 12.8 Å². The molecule has 0 saturated heterocycles. The molecular formula is C30H25N2O2+. The van der Waals surface area contributed by atoms with E-state index >= 15 is 0 Å². The average Bonchev–Trinajstić information content (AvgIpc) is 3.32. The van der Waals surface area contributed by atoms with Gasteiger partial charge in [-0.15, -0.1) is 0 Å². The Morgan fingerprint density at radius 2 is 1.59 bits per heavy atom. The molecule has 4 aromatic rings. The fourth-order valence-corrected chi connectivity index (χ4v) is 5.41. The van der Waals surface area contributed by atoms with Crippen LogP contribution in [0.3, 0.4) is 0 Å². The second-order valence-corrected chi connectivity index (χ2v) is 9.48. The van der Waals surface area contributed by atoms with E-state index in [1.807, 2.05) is 79.9 Å². The van der Waals surface area contributed by atoms with Crippen molar-refractivity contribution in [3.8, 4) is 11.3 Å². The Labute approximate surface area is 198 Å². The van der Waals surface area contributed by atoms with Crippen LogP contribution in [-0.2, 0) is 10.2 Å². The van der Waals surface area contributed by atoms with E-state index in [0.29, 0.717) is 11.1 Å². The van der Waals surface area contributed by atoms with Crippen molar-refractivity contribution in [1.29, 1.82) is 0 Å². The van der Waals surface area contributed by atoms with Crippen LogP contribution in [0.4, 0.5) is 5.69 Å². The summed E-state index contributed by atoms with van der Waals surface area (Å²) < 4.78 is 2.11. The van der Waals surface area contributed by atoms with E-state index in [9.17, 15) is 9.90 Å².